The molecule has 1 aliphatic rings. The third kappa shape index (κ3) is 2.43. The number of thiophene rings is 1. The van der Waals surface area contributed by atoms with E-state index in [0.29, 0.717) is 16.0 Å². The number of carbonyl (C=O) groups excluding carboxylic acids is 1. The van der Waals surface area contributed by atoms with Crippen LogP contribution in [0.25, 0.3) is 21.0 Å². The first-order chi connectivity index (χ1) is 12.1. The predicted octanol–water partition coefficient (Wildman–Crippen LogP) is 3.39. The van der Waals surface area contributed by atoms with Crippen molar-refractivity contribution in [3.05, 3.63) is 39.5 Å². The molecule has 0 atom stereocenters. The van der Waals surface area contributed by atoms with Gasteiger partial charge in [-0.3, -0.25) is 9.59 Å². The van der Waals surface area contributed by atoms with Gasteiger partial charge < -0.3 is 14.2 Å². The van der Waals surface area contributed by atoms with Crippen molar-refractivity contribution in [2.24, 2.45) is 7.05 Å². The number of methoxy groups -OCH3 is 1. The molecule has 3 heterocycles. The standard InChI is InChI=1S/C19H20N2O3S/c1-20-13-9-5-4-8-12(13)16-14(18(20)22)15(24-2)17(25-16)19(23)21-10-6-3-7-11-21/h4-5,8-9H,3,6-7,10-11H2,1-2H3. The summed E-state index contributed by atoms with van der Waals surface area (Å²) >= 11 is 1.37. The summed E-state index contributed by atoms with van der Waals surface area (Å²) in [6.07, 6.45) is 3.23. The number of ether oxygens (including phenoxy) is 1. The molecule has 1 fully saturated rings. The summed E-state index contributed by atoms with van der Waals surface area (Å²) in [4.78, 5) is 28.3. The fourth-order valence-electron chi connectivity index (χ4n) is 3.61. The largest absolute Gasteiger partial charge is 0.494 e. The average Bonchev–Trinajstić information content (AvgIpc) is 3.06. The third-order valence-corrected chi connectivity index (χ3v) is 6.13. The van der Waals surface area contributed by atoms with Crippen molar-refractivity contribution in [1.82, 2.24) is 9.47 Å². The summed E-state index contributed by atoms with van der Waals surface area (Å²) in [5, 5.41) is 1.48. The Morgan fingerprint density at radius 1 is 1.16 bits per heavy atom. The number of carbonyl (C=O) groups is 1. The van der Waals surface area contributed by atoms with E-state index in [9.17, 15) is 9.59 Å². The molecule has 0 saturated carbocycles. The Morgan fingerprint density at radius 2 is 1.88 bits per heavy atom. The summed E-state index contributed by atoms with van der Waals surface area (Å²) in [6, 6.07) is 7.78. The Kier molecular flexibility index (Phi) is 4.00. The number of hydrogen-bond donors (Lipinski definition) is 0. The quantitative estimate of drug-likeness (QED) is 0.707. The van der Waals surface area contributed by atoms with Gasteiger partial charge in [0.05, 0.1) is 17.3 Å². The van der Waals surface area contributed by atoms with Gasteiger partial charge in [-0.2, -0.15) is 0 Å². The van der Waals surface area contributed by atoms with Crippen molar-refractivity contribution in [2.45, 2.75) is 19.3 Å². The van der Waals surface area contributed by atoms with Crippen molar-refractivity contribution in [1.29, 1.82) is 0 Å². The fourth-order valence-corrected chi connectivity index (χ4v) is 4.87. The molecule has 1 aliphatic heterocycles. The maximum absolute atomic E-state index is 13.0. The van der Waals surface area contributed by atoms with Gasteiger partial charge in [-0.15, -0.1) is 11.3 Å². The number of benzene rings is 1. The molecule has 1 amide bonds. The summed E-state index contributed by atoms with van der Waals surface area (Å²) in [7, 11) is 3.29. The molecule has 0 radical (unpaired) electrons. The van der Waals surface area contributed by atoms with E-state index in [2.05, 4.69) is 0 Å². The molecular formula is C19H20N2O3S. The lowest BCUT2D eigenvalue weighted by Crippen LogP contribution is -2.35. The van der Waals surface area contributed by atoms with Crippen LogP contribution in [0.2, 0.25) is 0 Å². The number of amides is 1. The van der Waals surface area contributed by atoms with Crippen LogP contribution in [0.3, 0.4) is 0 Å². The van der Waals surface area contributed by atoms with Crippen LogP contribution in [0.1, 0.15) is 28.9 Å². The summed E-state index contributed by atoms with van der Waals surface area (Å²) in [5.41, 5.74) is 0.736. The van der Waals surface area contributed by atoms with Crippen molar-refractivity contribution >= 4 is 38.2 Å². The van der Waals surface area contributed by atoms with E-state index < -0.39 is 0 Å². The van der Waals surface area contributed by atoms with Gasteiger partial charge in [-0.1, -0.05) is 18.2 Å². The normalized spacial score (nSPS) is 15.0. The van der Waals surface area contributed by atoms with Crippen LogP contribution >= 0.6 is 11.3 Å². The Bertz CT molecular complexity index is 1030. The number of piperidine rings is 1. The molecule has 3 aromatic rings. The first kappa shape index (κ1) is 16.1. The van der Waals surface area contributed by atoms with Crippen LogP contribution in [-0.4, -0.2) is 35.6 Å². The van der Waals surface area contributed by atoms with Gasteiger partial charge in [0.15, 0.2) is 5.75 Å². The lowest BCUT2D eigenvalue weighted by molar-refractivity contribution is 0.0726. The van der Waals surface area contributed by atoms with Crippen LogP contribution in [0.4, 0.5) is 0 Å². The molecule has 4 rings (SSSR count). The van der Waals surface area contributed by atoms with Gasteiger partial charge in [-0.25, -0.2) is 0 Å². The number of hydrogen-bond acceptors (Lipinski definition) is 4. The molecule has 130 valence electrons. The maximum atomic E-state index is 13.0. The van der Waals surface area contributed by atoms with Gasteiger partial charge in [0.2, 0.25) is 0 Å². The van der Waals surface area contributed by atoms with Crippen LogP contribution in [0, 0.1) is 0 Å². The SMILES string of the molecule is COc1c(C(=O)N2CCCCC2)sc2c1c(=O)n(C)c1ccccc21. The minimum Gasteiger partial charge on any atom is -0.494 e. The highest BCUT2D eigenvalue weighted by atomic mass is 32.1. The van der Waals surface area contributed by atoms with Crippen molar-refractivity contribution in [2.75, 3.05) is 20.2 Å². The number of rotatable bonds is 2. The summed E-state index contributed by atoms with van der Waals surface area (Å²) in [5.74, 6) is 0.394. The zero-order chi connectivity index (χ0) is 17.6. The average molecular weight is 356 g/mol. The van der Waals surface area contributed by atoms with Crippen LogP contribution in [0.5, 0.6) is 5.75 Å². The molecule has 6 heteroatoms. The van der Waals surface area contributed by atoms with Crippen LogP contribution < -0.4 is 10.3 Å². The lowest BCUT2D eigenvalue weighted by atomic mass is 10.1. The first-order valence-electron chi connectivity index (χ1n) is 8.51. The first-order valence-corrected chi connectivity index (χ1v) is 9.32. The van der Waals surface area contributed by atoms with Crippen molar-refractivity contribution in [3.8, 4) is 5.75 Å². The third-order valence-electron chi connectivity index (χ3n) is 4.93. The molecule has 5 nitrogen and oxygen atoms in total. The highest BCUT2D eigenvalue weighted by Gasteiger charge is 2.27. The summed E-state index contributed by atoms with van der Waals surface area (Å²) < 4.78 is 8.00. The molecule has 2 aromatic heterocycles. The fraction of sp³-hybridized carbons (Fsp3) is 0.368. The molecule has 1 aromatic carbocycles. The molecule has 0 N–H and O–H groups in total. The highest BCUT2D eigenvalue weighted by Crippen LogP contribution is 2.40. The molecule has 25 heavy (non-hydrogen) atoms. The van der Waals surface area contributed by atoms with E-state index >= 15 is 0 Å². The van der Waals surface area contributed by atoms with Crippen molar-refractivity contribution < 1.29 is 9.53 Å². The molecule has 0 unspecified atom stereocenters. The van der Waals surface area contributed by atoms with E-state index in [1.54, 1.807) is 11.6 Å². The highest BCUT2D eigenvalue weighted by molar-refractivity contribution is 7.22. The van der Waals surface area contributed by atoms with Crippen LogP contribution in [0.15, 0.2) is 29.1 Å². The van der Waals surface area contributed by atoms with Gasteiger partial charge >= 0.3 is 0 Å². The molecule has 0 spiro atoms. The van der Waals surface area contributed by atoms with Gasteiger partial charge in [0.1, 0.15) is 10.3 Å². The smallest absolute Gasteiger partial charge is 0.267 e. The number of likely N-dealkylation sites (tertiary alicyclic amines) is 1. The van der Waals surface area contributed by atoms with Gasteiger partial charge in [-0.05, 0) is 25.3 Å². The minimum absolute atomic E-state index is 0.0242. The van der Waals surface area contributed by atoms with E-state index in [4.69, 9.17) is 4.74 Å². The minimum atomic E-state index is -0.125. The maximum Gasteiger partial charge on any atom is 0.267 e. The van der Waals surface area contributed by atoms with E-state index in [1.807, 2.05) is 29.2 Å². The molecule has 1 saturated heterocycles. The van der Waals surface area contributed by atoms with E-state index in [-0.39, 0.29) is 11.5 Å². The lowest BCUT2D eigenvalue weighted by Gasteiger charge is -2.26. The number of pyridine rings is 1. The zero-order valence-electron chi connectivity index (χ0n) is 14.4. The number of aromatic nitrogens is 1. The topological polar surface area (TPSA) is 51.5 Å². The molecule has 0 aliphatic carbocycles. The second kappa shape index (κ2) is 6.19. The number of para-hydroxylation sites is 1. The molecule has 0 bridgehead atoms. The zero-order valence-corrected chi connectivity index (χ0v) is 15.2. The van der Waals surface area contributed by atoms with Crippen LogP contribution in [-0.2, 0) is 7.05 Å². The van der Waals surface area contributed by atoms with Gasteiger partial charge in [0.25, 0.3) is 11.5 Å². The summed E-state index contributed by atoms with van der Waals surface area (Å²) in [6.45, 7) is 1.55. The van der Waals surface area contributed by atoms with E-state index in [1.165, 1.54) is 24.9 Å². The second-order valence-electron chi connectivity index (χ2n) is 6.40. The second-order valence-corrected chi connectivity index (χ2v) is 7.42. The Hall–Kier alpha value is -2.34. The Labute approximate surface area is 149 Å². The van der Waals surface area contributed by atoms with Gasteiger partial charge in [0, 0.05) is 25.5 Å². The monoisotopic (exact) mass is 356 g/mol. The number of nitrogens with zero attached hydrogens (tertiary/aromatic N) is 2. The Balaban J connectivity index is 2.00. The molecular weight excluding hydrogens is 336 g/mol. The Morgan fingerprint density at radius 3 is 2.60 bits per heavy atom. The van der Waals surface area contributed by atoms with E-state index in [0.717, 1.165) is 41.5 Å². The van der Waals surface area contributed by atoms with Crippen molar-refractivity contribution in [3.63, 3.8) is 0 Å². The number of fused-ring (bicyclic) bond motifs is 3. The predicted molar refractivity (Wildman–Crippen MR) is 101 cm³/mol. The number of aryl methyl sites for hydroxylation is 1.